The molecular formula is C19H28N4O2. The fourth-order valence-electron chi connectivity index (χ4n) is 3.46. The number of aliphatic hydroxyl groups is 1. The van der Waals surface area contributed by atoms with E-state index in [-0.39, 0.29) is 0 Å². The Balaban J connectivity index is 1.76. The highest BCUT2D eigenvalue weighted by Crippen LogP contribution is 2.31. The van der Waals surface area contributed by atoms with Gasteiger partial charge in [-0.05, 0) is 31.9 Å². The van der Waals surface area contributed by atoms with Crippen molar-refractivity contribution in [1.29, 1.82) is 0 Å². The molecule has 6 nitrogen and oxygen atoms in total. The molecule has 2 aromatic rings. The molecule has 3 rings (SSSR count). The number of rotatable bonds is 8. The molecule has 1 aliphatic rings. The molecular weight excluding hydrogens is 316 g/mol. The van der Waals surface area contributed by atoms with Crippen molar-refractivity contribution in [2.45, 2.75) is 50.8 Å². The van der Waals surface area contributed by atoms with Crippen LogP contribution in [0, 0.1) is 0 Å². The van der Waals surface area contributed by atoms with E-state index in [9.17, 15) is 5.11 Å². The van der Waals surface area contributed by atoms with Crippen molar-refractivity contribution in [1.82, 2.24) is 20.1 Å². The Kier molecular flexibility index (Phi) is 5.83. The molecule has 136 valence electrons. The van der Waals surface area contributed by atoms with Crippen LogP contribution in [-0.2, 0) is 11.3 Å². The Hall–Kier alpha value is -1.76. The molecule has 2 N–H and O–H groups in total. The third-order valence-corrected chi connectivity index (χ3v) is 4.69. The Morgan fingerprint density at radius 1 is 1.36 bits per heavy atom. The van der Waals surface area contributed by atoms with Gasteiger partial charge in [0.05, 0.1) is 23.9 Å². The van der Waals surface area contributed by atoms with Crippen molar-refractivity contribution in [3.05, 3.63) is 36.2 Å². The second kappa shape index (κ2) is 8.08. The molecule has 1 unspecified atom stereocenters. The molecule has 2 heterocycles. The van der Waals surface area contributed by atoms with Gasteiger partial charge < -0.3 is 15.2 Å². The molecule has 0 saturated heterocycles. The summed E-state index contributed by atoms with van der Waals surface area (Å²) in [5.41, 5.74) is 2.03. The van der Waals surface area contributed by atoms with Crippen LogP contribution >= 0.6 is 0 Å². The summed E-state index contributed by atoms with van der Waals surface area (Å²) in [7, 11) is 1.60. The van der Waals surface area contributed by atoms with Gasteiger partial charge in [-0.15, -0.1) is 0 Å². The highest BCUT2D eigenvalue weighted by atomic mass is 16.5. The first-order valence-corrected chi connectivity index (χ1v) is 9.00. The second-order valence-electron chi connectivity index (χ2n) is 7.17. The average Bonchev–Trinajstić information content (AvgIpc) is 3.25. The minimum atomic E-state index is -0.888. The molecule has 0 spiro atoms. The zero-order valence-corrected chi connectivity index (χ0v) is 15.1. The zero-order chi connectivity index (χ0) is 17.7. The number of pyridine rings is 1. The average molecular weight is 344 g/mol. The van der Waals surface area contributed by atoms with E-state index >= 15 is 0 Å². The van der Waals surface area contributed by atoms with Crippen molar-refractivity contribution >= 4 is 0 Å². The van der Waals surface area contributed by atoms with Crippen LogP contribution in [0.15, 0.2) is 30.6 Å². The predicted molar refractivity (Wildman–Crippen MR) is 97.2 cm³/mol. The van der Waals surface area contributed by atoms with Crippen LogP contribution in [0.3, 0.4) is 0 Å². The fraction of sp³-hybridized carbons (Fsp3) is 0.579. The van der Waals surface area contributed by atoms with Gasteiger partial charge in [0.2, 0.25) is 0 Å². The summed E-state index contributed by atoms with van der Waals surface area (Å²) in [6.45, 7) is 3.16. The maximum absolute atomic E-state index is 10.2. The van der Waals surface area contributed by atoms with Crippen LogP contribution in [0.4, 0.5) is 0 Å². The Morgan fingerprint density at radius 2 is 2.16 bits per heavy atom. The van der Waals surface area contributed by atoms with E-state index < -0.39 is 5.60 Å². The Morgan fingerprint density at radius 3 is 2.84 bits per heavy atom. The van der Waals surface area contributed by atoms with Crippen molar-refractivity contribution < 1.29 is 9.84 Å². The van der Waals surface area contributed by atoms with Gasteiger partial charge in [0.1, 0.15) is 5.69 Å². The number of nitrogens with one attached hydrogen (secondary N) is 1. The van der Waals surface area contributed by atoms with Gasteiger partial charge in [-0.1, -0.05) is 18.9 Å². The molecule has 6 heteroatoms. The van der Waals surface area contributed by atoms with Gasteiger partial charge in [-0.25, -0.2) is 0 Å². The highest BCUT2D eigenvalue weighted by Gasteiger charge is 2.22. The largest absolute Gasteiger partial charge is 0.386 e. The van der Waals surface area contributed by atoms with Crippen LogP contribution in [0.2, 0.25) is 0 Å². The number of hydrogen-bond donors (Lipinski definition) is 2. The lowest BCUT2D eigenvalue weighted by Gasteiger charge is -2.22. The van der Waals surface area contributed by atoms with E-state index in [1.165, 1.54) is 25.7 Å². The molecule has 1 saturated carbocycles. The van der Waals surface area contributed by atoms with Crippen LogP contribution in [0.1, 0.15) is 44.2 Å². The lowest BCUT2D eigenvalue weighted by atomic mass is 10.1. The Bertz CT molecular complexity index is 663. The molecule has 1 fully saturated rings. The van der Waals surface area contributed by atoms with Gasteiger partial charge >= 0.3 is 0 Å². The summed E-state index contributed by atoms with van der Waals surface area (Å²) < 4.78 is 7.17. The lowest BCUT2D eigenvalue weighted by molar-refractivity contribution is -0.0156. The minimum absolute atomic E-state index is 0.300. The normalized spacial score (nSPS) is 17.7. The molecule has 0 bridgehead atoms. The topological polar surface area (TPSA) is 72.2 Å². The molecule has 25 heavy (non-hydrogen) atoms. The SMILES string of the molecule is COCC(C)(O)CNCc1cn(C2CCCC2)nc1-c1ccccn1. The number of hydrogen-bond acceptors (Lipinski definition) is 5. The van der Waals surface area contributed by atoms with E-state index in [1.54, 1.807) is 20.2 Å². The summed E-state index contributed by atoms with van der Waals surface area (Å²) in [6.07, 6.45) is 8.87. The molecule has 2 aromatic heterocycles. The van der Waals surface area contributed by atoms with E-state index in [4.69, 9.17) is 9.84 Å². The lowest BCUT2D eigenvalue weighted by Crippen LogP contribution is -2.41. The third-order valence-electron chi connectivity index (χ3n) is 4.69. The summed E-state index contributed by atoms with van der Waals surface area (Å²) in [4.78, 5) is 4.46. The summed E-state index contributed by atoms with van der Waals surface area (Å²) in [5, 5.41) is 18.4. The van der Waals surface area contributed by atoms with Gasteiger partial charge in [0.25, 0.3) is 0 Å². The standard InChI is InChI=1S/C19H28N4O2/c1-19(24,14-25-2)13-20-11-15-12-23(16-7-3-4-8-16)22-18(15)17-9-5-6-10-21-17/h5-6,9-10,12,16,20,24H,3-4,7-8,11,13-14H2,1-2H3. The summed E-state index contributed by atoms with van der Waals surface area (Å²) >= 11 is 0. The van der Waals surface area contributed by atoms with Crippen LogP contribution in [-0.4, -0.2) is 45.7 Å². The van der Waals surface area contributed by atoms with E-state index in [0.29, 0.717) is 25.7 Å². The smallest absolute Gasteiger partial charge is 0.115 e. The number of methoxy groups -OCH3 is 1. The third kappa shape index (κ3) is 4.66. The first-order chi connectivity index (χ1) is 12.1. The van der Waals surface area contributed by atoms with E-state index in [1.807, 2.05) is 18.2 Å². The monoisotopic (exact) mass is 344 g/mol. The second-order valence-corrected chi connectivity index (χ2v) is 7.17. The van der Waals surface area contributed by atoms with Crippen molar-refractivity contribution in [3.8, 4) is 11.4 Å². The van der Waals surface area contributed by atoms with Gasteiger partial charge in [0, 0.05) is 38.2 Å². The number of ether oxygens (including phenoxy) is 1. The molecule has 1 aliphatic carbocycles. The van der Waals surface area contributed by atoms with Crippen molar-refractivity contribution in [3.63, 3.8) is 0 Å². The van der Waals surface area contributed by atoms with Crippen LogP contribution in [0.5, 0.6) is 0 Å². The molecule has 0 aliphatic heterocycles. The van der Waals surface area contributed by atoms with Crippen molar-refractivity contribution in [2.75, 3.05) is 20.3 Å². The van der Waals surface area contributed by atoms with Gasteiger partial charge in [-0.2, -0.15) is 5.10 Å². The molecule has 0 aromatic carbocycles. The van der Waals surface area contributed by atoms with Crippen LogP contribution < -0.4 is 5.32 Å². The van der Waals surface area contributed by atoms with Crippen LogP contribution in [0.25, 0.3) is 11.4 Å². The summed E-state index contributed by atoms with van der Waals surface area (Å²) in [5.74, 6) is 0. The number of nitrogens with zero attached hydrogens (tertiary/aromatic N) is 3. The first-order valence-electron chi connectivity index (χ1n) is 9.00. The van der Waals surface area contributed by atoms with Gasteiger partial charge in [-0.3, -0.25) is 9.67 Å². The predicted octanol–water partition coefficient (Wildman–Crippen LogP) is 2.55. The van der Waals surface area contributed by atoms with Crippen molar-refractivity contribution in [2.24, 2.45) is 0 Å². The van der Waals surface area contributed by atoms with E-state index in [2.05, 4.69) is 21.2 Å². The number of aromatic nitrogens is 3. The Labute approximate surface area is 149 Å². The maximum Gasteiger partial charge on any atom is 0.115 e. The highest BCUT2D eigenvalue weighted by molar-refractivity contribution is 5.58. The molecule has 0 radical (unpaired) electrons. The molecule has 1 atom stereocenters. The quantitative estimate of drug-likeness (QED) is 0.770. The first kappa shape index (κ1) is 18.0. The summed E-state index contributed by atoms with van der Waals surface area (Å²) in [6, 6.07) is 6.38. The van der Waals surface area contributed by atoms with Gasteiger partial charge in [0.15, 0.2) is 0 Å². The minimum Gasteiger partial charge on any atom is -0.386 e. The fourth-order valence-corrected chi connectivity index (χ4v) is 3.46. The molecule has 0 amide bonds. The zero-order valence-electron chi connectivity index (χ0n) is 15.1. The van der Waals surface area contributed by atoms with E-state index in [0.717, 1.165) is 17.0 Å². The maximum atomic E-state index is 10.2.